The molecule has 0 radical (unpaired) electrons. The van der Waals surface area contributed by atoms with Crippen LogP contribution in [0.1, 0.15) is 57.6 Å². The van der Waals surface area contributed by atoms with Gasteiger partial charge in [-0.05, 0) is 54.5 Å². The van der Waals surface area contributed by atoms with Crippen LogP contribution in [-0.4, -0.2) is 23.6 Å². The molecule has 5 heteroatoms. The van der Waals surface area contributed by atoms with Gasteiger partial charge in [-0.1, -0.05) is 63.1 Å². The SMILES string of the molecule is CCC(CC)Cc1ccc(C(C)=CC(=O)Nc2ccccc2OCCCC(=O)O)cc1. The highest BCUT2D eigenvalue weighted by Gasteiger charge is 2.08. The van der Waals surface area contributed by atoms with Gasteiger partial charge in [0.25, 0.3) is 0 Å². The fourth-order valence-electron chi connectivity index (χ4n) is 3.36. The Kier molecular flexibility index (Phi) is 9.82. The zero-order chi connectivity index (χ0) is 22.6. The van der Waals surface area contributed by atoms with Gasteiger partial charge < -0.3 is 15.2 Å². The van der Waals surface area contributed by atoms with Crippen molar-refractivity contribution >= 4 is 23.1 Å². The number of nitrogens with one attached hydrogen (secondary N) is 1. The summed E-state index contributed by atoms with van der Waals surface area (Å²) in [6.45, 7) is 6.65. The van der Waals surface area contributed by atoms with Gasteiger partial charge in [0.05, 0.1) is 12.3 Å². The zero-order valence-corrected chi connectivity index (χ0v) is 18.7. The number of anilines is 1. The van der Waals surface area contributed by atoms with Gasteiger partial charge in [-0.15, -0.1) is 0 Å². The molecule has 5 nitrogen and oxygen atoms in total. The van der Waals surface area contributed by atoms with Crippen LogP contribution in [-0.2, 0) is 16.0 Å². The van der Waals surface area contributed by atoms with Crippen LogP contribution in [0, 0.1) is 5.92 Å². The average Bonchev–Trinajstić information content (AvgIpc) is 2.76. The molecule has 0 aromatic heterocycles. The van der Waals surface area contributed by atoms with Crippen molar-refractivity contribution in [3.8, 4) is 5.75 Å². The zero-order valence-electron chi connectivity index (χ0n) is 18.7. The Morgan fingerprint density at radius 1 is 1.06 bits per heavy atom. The summed E-state index contributed by atoms with van der Waals surface area (Å²) in [5.74, 6) is 0.146. The number of carboxylic acid groups (broad SMARTS) is 1. The van der Waals surface area contributed by atoms with Crippen LogP contribution in [0.2, 0.25) is 0 Å². The average molecular weight is 424 g/mol. The quantitative estimate of drug-likeness (QED) is 0.327. The largest absolute Gasteiger partial charge is 0.491 e. The molecule has 0 fully saturated rings. The maximum atomic E-state index is 12.5. The Bertz CT molecular complexity index is 883. The highest BCUT2D eigenvalue weighted by molar-refractivity contribution is 6.04. The molecule has 31 heavy (non-hydrogen) atoms. The summed E-state index contributed by atoms with van der Waals surface area (Å²) in [4.78, 5) is 23.2. The molecule has 2 aromatic rings. The Hall–Kier alpha value is -3.08. The van der Waals surface area contributed by atoms with Gasteiger partial charge in [-0.25, -0.2) is 0 Å². The van der Waals surface area contributed by atoms with E-state index in [2.05, 4.69) is 43.4 Å². The number of para-hydroxylation sites is 2. The summed E-state index contributed by atoms with van der Waals surface area (Å²) in [5.41, 5.74) is 3.78. The molecule has 0 saturated heterocycles. The van der Waals surface area contributed by atoms with Crippen molar-refractivity contribution in [3.63, 3.8) is 0 Å². The van der Waals surface area contributed by atoms with E-state index in [4.69, 9.17) is 9.84 Å². The molecule has 1 amide bonds. The molecule has 0 bridgehead atoms. The third-order valence-corrected chi connectivity index (χ3v) is 5.37. The van der Waals surface area contributed by atoms with Gasteiger partial charge in [0, 0.05) is 12.5 Å². The van der Waals surface area contributed by atoms with E-state index >= 15 is 0 Å². The number of aliphatic carboxylic acids is 1. The number of ether oxygens (including phenoxy) is 1. The third kappa shape index (κ3) is 8.28. The monoisotopic (exact) mass is 423 g/mol. The van der Waals surface area contributed by atoms with Crippen LogP contribution in [0.25, 0.3) is 5.57 Å². The summed E-state index contributed by atoms with van der Waals surface area (Å²) in [7, 11) is 0. The number of rotatable bonds is 12. The van der Waals surface area contributed by atoms with E-state index in [0.717, 1.165) is 17.6 Å². The minimum Gasteiger partial charge on any atom is -0.491 e. The van der Waals surface area contributed by atoms with E-state index in [0.29, 0.717) is 23.8 Å². The normalized spacial score (nSPS) is 11.4. The Labute approximate surface area is 185 Å². The van der Waals surface area contributed by atoms with E-state index in [-0.39, 0.29) is 18.9 Å². The first-order valence-electron chi connectivity index (χ1n) is 10.9. The molecule has 0 aliphatic rings. The van der Waals surface area contributed by atoms with Gasteiger partial charge in [0.1, 0.15) is 5.75 Å². The molecular weight excluding hydrogens is 390 g/mol. The van der Waals surface area contributed by atoms with Crippen LogP contribution < -0.4 is 10.1 Å². The molecule has 166 valence electrons. The molecule has 2 rings (SSSR count). The van der Waals surface area contributed by atoms with Gasteiger partial charge in [-0.2, -0.15) is 0 Å². The lowest BCUT2D eigenvalue weighted by atomic mass is 9.93. The second-order valence-electron chi connectivity index (χ2n) is 7.74. The Balaban J connectivity index is 1.99. The number of benzene rings is 2. The molecule has 0 heterocycles. The van der Waals surface area contributed by atoms with E-state index < -0.39 is 5.97 Å². The van der Waals surface area contributed by atoms with Crippen LogP contribution in [0.3, 0.4) is 0 Å². The van der Waals surface area contributed by atoms with Crippen molar-refractivity contribution < 1.29 is 19.4 Å². The summed E-state index contributed by atoms with van der Waals surface area (Å²) >= 11 is 0. The standard InChI is InChI=1S/C26H33NO4/c1-4-20(5-2)18-21-12-14-22(15-13-21)19(3)17-25(28)27-23-9-6-7-10-24(23)31-16-8-11-26(29)30/h6-7,9-10,12-15,17,20H,4-5,8,11,16,18H2,1-3H3,(H,27,28)(H,29,30). The maximum absolute atomic E-state index is 12.5. The number of amides is 1. The molecule has 0 aliphatic heterocycles. The van der Waals surface area contributed by atoms with E-state index in [9.17, 15) is 9.59 Å². The molecular formula is C26H33NO4. The lowest BCUT2D eigenvalue weighted by Crippen LogP contribution is -2.11. The Morgan fingerprint density at radius 3 is 2.39 bits per heavy atom. The molecule has 0 aliphatic carbocycles. The highest BCUT2D eigenvalue weighted by Crippen LogP contribution is 2.25. The van der Waals surface area contributed by atoms with Crippen molar-refractivity contribution in [3.05, 3.63) is 65.7 Å². The molecule has 0 saturated carbocycles. The summed E-state index contributed by atoms with van der Waals surface area (Å²) in [5, 5.41) is 11.6. The number of carbonyl (C=O) groups excluding carboxylic acids is 1. The fraction of sp³-hybridized carbons (Fsp3) is 0.385. The number of carbonyl (C=O) groups is 2. The van der Waals surface area contributed by atoms with Crippen molar-refractivity contribution in [1.82, 2.24) is 0 Å². The maximum Gasteiger partial charge on any atom is 0.303 e. The Morgan fingerprint density at radius 2 is 1.74 bits per heavy atom. The lowest BCUT2D eigenvalue weighted by molar-refractivity contribution is -0.137. The van der Waals surface area contributed by atoms with Crippen LogP contribution in [0.5, 0.6) is 5.75 Å². The number of allylic oxidation sites excluding steroid dienone is 1. The van der Waals surface area contributed by atoms with Crippen molar-refractivity contribution in [1.29, 1.82) is 0 Å². The van der Waals surface area contributed by atoms with Crippen molar-refractivity contribution in [2.75, 3.05) is 11.9 Å². The van der Waals surface area contributed by atoms with E-state index in [1.165, 1.54) is 18.4 Å². The van der Waals surface area contributed by atoms with Crippen LogP contribution >= 0.6 is 0 Å². The van der Waals surface area contributed by atoms with Gasteiger partial charge in [0.2, 0.25) is 5.91 Å². The van der Waals surface area contributed by atoms with Crippen LogP contribution in [0.15, 0.2) is 54.6 Å². The highest BCUT2D eigenvalue weighted by atomic mass is 16.5. The fourth-order valence-corrected chi connectivity index (χ4v) is 3.36. The first-order chi connectivity index (χ1) is 14.9. The lowest BCUT2D eigenvalue weighted by Gasteiger charge is -2.13. The van der Waals surface area contributed by atoms with Gasteiger partial charge >= 0.3 is 5.97 Å². The first kappa shape index (κ1) is 24.2. The summed E-state index contributed by atoms with van der Waals surface area (Å²) < 4.78 is 5.64. The van der Waals surface area contributed by atoms with Gasteiger partial charge in [-0.3, -0.25) is 9.59 Å². The number of hydrogen-bond acceptors (Lipinski definition) is 3. The molecule has 0 atom stereocenters. The number of carboxylic acids is 1. The molecule has 0 spiro atoms. The minimum absolute atomic E-state index is 0.0484. The molecule has 0 unspecified atom stereocenters. The van der Waals surface area contributed by atoms with E-state index in [1.807, 2.05) is 19.1 Å². The summed E-state index contributed by atoms with van der Waals surface area (Å²) in [6, 6.07) is 15.6. The third-order valence-electron chi connectivity index (χ3n) is 5.37. The van der Waals surface area contributed by atoms with E-state index in [1.54, 1.807) is 18.2 Å². The predicted molar refractivity (Wildman–Crippen MR) is 125 cm³/mol. The summed E-state index contributed by atoms with van der Waals surface area (Å²) in [6.07, 6.45) is 5.48. The first-order valence-corrected chi connectivity index (χ1v) is 10.9. The topological polar surface area (TPSA) is 75.6 Å². The molecule has 2 N–H and O–H groups in total. The second-order valence-corrected chi connectivity index (χ2v) is 7.74. The van der Waals surface area contributed by atoms with Crippen molar-refractivity contribution in [2.45, 2.75) is 52.9 Å². The molecule has 2 aromatic carbocycles. The smallest absolute Gasteiger partial charge is 0.303 e. The minimum atomic E-state index is -0.852. The van der Waals surface area contributed by atoms with Crippen molar-refractivity contribution in [2.24, 2.45) is 5.92 Å². The second kappa shape index (κ2) is 12.6. The number of hydrogen-bond donors (Lipinski definition) is 2. The predicted octanol–water partition coefficient (Wildman–Crippen LogP) is 5.95. The van der Waals surface area contributed by atoms with Gasteiger partial charge in [0.15, 0.2) is 0 Å². The van der Waals surface area contributed by atoms with Crippen LogP contribution in [0.4, 0.5) is 5.69 Å².